The zero-order valence-corrected chi connectivity index (χ0v) is 8.29. The van der Waals surface area contributed by atoms with Crippen molar-refractivity contribution >= 4 is 5.65 Å². The third-order valence-electron chi connectivity index (χ3n) is 2.36. The fourth-order valence-corrected chi connectivity index (χ4v) is 1.63. The minimum absolute atomic E-state index is 0.235. The molecule has 16 heavy (non-hydrogen) atoms. The Morgan fingerprint density at radius 3 is 2.69 bits per heavy atom. The molecule has 5 nitrogen and oxygen atoms in total. The van der Waals surface area contributed by atoms with Crippen LogP contribution in [0, 0.1) is 0 Å². The fraction of sp³-hybridized carbons (Fsp3) is 0. The number of rotatable bonds is 1. The quantitative estimate of drug-likeness (QED) is 0.656. The first kappa shape index (κ1) is 8.84. The van der Waals surface area contributed by atoms with Crippen molar-refractivity contribution < 1.29 is 0 Å². The maximum Gasteiger partial charge on any atom is 0.333 e. The van der Waals surface area contributed by atoms with Gasteiger partial charge in [0.15, 0.2) is 11.5 Å². The van der Waals surface area contributed by atoms with Crippen LogP contribution in [0.2, 0.25) is 0 Å². The Labute approximate surface area is 90.4 Å². The van der Waals surface area contributed by atoms with Gasteiger partial charge in [0.05, 0.1) is 0 Å². The monoisotopic (exact) mass is 212 g/mol. The lowest BCUT2D eigenvalue weighted by Crippen LogP contribution is -2.15. The van der Waals surface area contributed by atoms with E-state index in [2.05, 4.69) is 15.2 Å². The van der Waals surface area contributed by atoms with Crippen LogP contribution in [0.5, 0.6) is 0 Å². The van der Waals surface area contributed by atoms with Crippen LogP contribution in [0.3, 0.4) is 0 Å². The molecule has 2 heterocycles. The molecule has 3 rings (SSSR count). The number of H-pyrrole nitrogens is 1. The van der Waals surface area contributed by atoms with Crippen LogP contribution >= 0.6 is 0 Å². The summed E-state index contributed by atoms with van der Waals surface area (Å²) >= 11 is 0. The molecule has 0 spiro atoms. The van der Waals surface area contributed by atoms with Crippen LogP contribution < -0.4 is 5.69 Å². The highest BCUT2D eigenvalue weighted by molar-refractivity contribution is 5.58. The van der Waals surface area contributed by atoms with Gasteiger partial charge in [0.1, 0.15) is 0 Å². The smallest absolute Gasteiger partial charge is 0.314 e. The summed E-state index contributed by atoms with van der Waals surface area (Å²) < 4.78 is 1.45. The van der Waals surface area contributed by atoms with Crippen LogP contribution in [0.1, 0.15) is 0 Å². The number of aromatic amines is 1. The molecule has 3 aromatic rings. The van der Waals surface area contributed by atoms with Crippen LogP contribution in [0.4, 0.5) is 0 Å². The second-order valence-corrected chi connectivity index (χ2v) is 3.37. The third-order valence-corrected chi connectivity index (χ3v) is 2.36. The summed E-state index contributed by atoms with van der Waals surface area (Å²) in [5.41, 5.74) is 1.18. The summed E-state index contributed by atoms with van der Waals surface area (Å²) in [5.74, 6) is 0.553. The molecule has 0 saturated heterocycles. The molecule has 78 valence electrons. The number of benzene rings is 1. The van der Waals surface area contributed by atoms with Crippen molar-refractivity contribution in [3.05, 3.63) is 53.1 Å². The molecule has 0 bridgehead atoms. The predicted molar refractivity (Wildman–Crippen MR) is 59.0 cm³/mol. The predicted octanol–water partition coefficient (Wildman–Crippen LogP) is 1.08. The lowest BCUT2D eigenvalue weighted by molar-refractivity contribution is 1.00. The largest absolute Gasteiger partial charge is 0.333 e. The Morgan fingerprint density at radius 2 is 1.88 bits per heavy atom. The van der Waals surface area contributed by atoms with E-state index in [1.54, 1.807) is 12.3 Å². The van der Waals surface area contributed by atoms with Gasteiger partial charge in [-0.05, 0) is 6.07 Å². The molecule has 0 radical (unpaired) electrons. The van der Waals surface area contributed by atoms with Crippen molar-refractivity contribution in [2.24, 2.45) is 0 Å². The number of fused-ring (bicyclic) bond motifs is 1. The maximum atomic E-state index is 11.7. The Bertz CT molecular complexity index is 684. The molecule has 0 atom stereocenters. The SMILES string of the molecule is O=c1[nH]ccc2nnc(-c3ccccc3)n12. The van der Waals surface area contributed by atoms with Crippen molar-refractivity contribution in [3.63, 3.8) is 0 Å². The summed E-state index contributed by atoms with van der Waals surface area (Å²) in [5, 5.41) is 7.97. The Hall–Kier alpha value is -2.43. The highest BCUT2D eigenvalue weighted by Crippen LogP contribution is 2.15. The summed E-state index contributed by atoms with van der Waals surface area (Å²) in [6, 6.07) is 11.2. The molecular weight excluding hydrogens is 204 g/mol. The maximum absolute atomic E-state index is 11.7. The molecule has 0 amide bonds. The van der Waals surface area contributed by atoms with E-state index in [4.69, 9.17) is 0 Å². The summed E-state index contributed by atoms with van der Waals surface area (Å²) in [6.45, 7) is 0. The van der Waals surface area contributed by atoms with Gasteiger partial charge in [-0.1, -0.05) is 30.3 Å². The topological polar surface area (TPSA) is 63.0 Å². The van der Waals surface area contributed by atoms with Gasteiger partial charge in [-0.25, -0.2) is 9.20 Å². The highest BCUT2D eigenvalue weighted by atomic mass is 16.1. The minimum Gasteiger partial charge on any atom is -0.314 e. The number of hydrogen-bond acceptors (Lipinski definition) is 3. The summed E-state index contributed by atoms with van der Waals surface area (Å²) in [6.07, 6.45) is 1.56. The van der Waals surface area contributed by atoms with Crippen LogP contribution in [-0.2, 0) is 0 Å². The van der Waals surface area contributed by atoms with Crippen molar-refractivity contribution in [2.75, 3.05) is 0 Å². The molecule has 1 N–H and O–H groups in total. The van der Waals surface area contributed by atoms with E-state index in [0.717, 1.165) is 5.56 Å². The Kier molecular flexibility index (Phi) is 1.83. The number of nitrogens with one attached hydrogen (secondary N) is 1. The van der Waals surface area contributed by atoms with Gasteiger partial charge in [-0.15, -0.1) is 10.2 Å². The van der Waals surface area contributed by atoms with E-state index in [-0.39, 0.29) is 5.69 Å². The Balaban J connectivity index is 2.38. The molecule has 1 aromatic carbocycles. The average molecular weight is 212 g/mol. The lowest BCUT2D eigenvalue weighted by atomic mass is 10.2. The number of aromatic nitrogens is 4. The molecule has 5 heteroatoms. The van der Waals surface area contributed by atoms with Gasteiger partial charge in [0, 0.05) is 11.8 Å². The van der Waals surface area contributed by atoms with Crippen molar-refractivity contribution in [2.45, 2.75) is 0 Å². The van der Waals surface area contributed by atoms with Crippen LogP contribution in [-0.4, -0.2) is 19.6 Å². The van der Waals surface area contributed by atoms with Crippen molar-refractivity contribution in [3.8, 4) is 11.4 Å². The molecule has 0 saturated carbocycles. The van der Waals surface area contributed by atoms with Gasteiger partial charge >= 0.3 is 5.69 Å². The van der Waals surface area contributed by atoms with E-state index < -0.39 is 0 Å². The van der Waals surface area contributed by atoms with E-state index in [1.165, 1.54) is 4.40 Å². The van der Waals surface area contributed by atoms with Crippen molar-refractivity contribution in [1.82, 2.24) is 19.6 Å². The molecule has 2 aromatic heterocycles. The van der Waals surface area contributed by atoms with Gasteiger partial charge in [0.25, 0.3) is 0 Å². The standard InChI is InChI=1S/C11H8N4O/c16-11-12-7-6-9-13-14-10(15(9)11)8-4-2-1-3-5-8/h1-7H,(H,12,16). The molecular formula is C11H8N4O. The highest BCUT2D eigenvalue weighted by Gasteiger charge is 2.08. The summed E-state index contributed by atoms with van der Waals surface area (Å²) in [7, 11) is 0. The van der Waals surface area contributed by atoms with E-state index >= 15 is 0 Å². The average Bonchev–Trinajstić information content (AvgIpc) is 2.75. The van der Waals surface area contributed by atoms with Crippen LogP contribution in [0.15, 0.2) is 47.4 Å². The number of nitrogens with zero attached hydrogens (tertiary/aromatic N) is 3. The van der Waals surface area contributed by atoms with E-state index in [1.807, 2.05) is 30.3 Å². The summed E-state index contributed by atoms with van der Waals surface area (Å²) in [4.78, 5) is 14.3. The second-order valence-electron chi connectivity index (χ2n) is 3.37. The fourth-order valence-electron chi connectivity index (χ4n) is 1.63. The first-order chi connectivity index (χ1) is 7.86. The van der Waals surface area contributed by atoms with Gasteiger partial charge in [-0.3, -0.25) is 0 Å². The van der Waals surface area contributed by atoms with Crippen molar-refractivity contribution in [1.29, 1.82) is 0 Å². The molecule has 0 aliphatic heterocycles. The normalized spacial score (nSPS) is 10.8. The first-order valence-electron chi connectivity index (χ1n) is 4.84. The van der Waals surface area contributed by atoms with E-state index in [9.17, 15) is 4.79 Å². The third kappa shape index (κ3) is 1.22. The van der Waals surface area contributed by atoms with Gasteiger partial charge in [0.2, 0.25) is 0 Å². The second kappa shape index (κ2) is 3.30. The molecule has 0 aliphatic carbocycles. The number of hydrogen-bond donors (Lipinski definition) is 1. The van der Waals surface area contributed by atoms with Gasteiger partial charge in [-0.2, -0.15) is 0 Å². The zero-order valence-electron chi connectivity index (χ0n) is 8.29. The Morgan fingerprint density at radius 1 is 1.06 bits per heavy atom. The lowest BCUT2D eigenvalue weighted by Gasteiger charge is -1.97. The first-order valence-corrected chi connectivity index (χ1v) is 4.84. The minimum atomic E-state index is -0.235. The zero-order chi connectivity index (χ0) is 11.0. The molecule has 0 aliphatic rings. The van der Waals surface area contributed by atoms with Gasteiger partial charge < -0.3 is 4.98 Å². The molecule has 0 unspecified atom stereocenters. The molecule has 0 fully saturated rings. The van der Waals surface area contributed by atoms with E-state index in [0.29, 0.717) is 11.5 Å². The van der Waals surface area contributed by atoms with Crippen LogP contribution in [0.25, 0.3) is 17.0 Å².